The lowest BCUT2D eigenvalue weighted by atomic mass is 10.0. The van der Waals surface area contributed by atoms with Crippen LogP contribution in [0.25, 0.3) is 0 Å². The van der Waals surface area contributed by atoms with Crippen LogP contribution in [0.1, 0.15) is 17.2 Å². The number of nitrogens with zero attached hydrogens (tertiary/aromatic N) is 2. The summed E-state index contributed by atoms with van der Waals surface area (Å²) in [6, 6.07) is 5.48. The first-order valence-corrected chi connectivity index (χ1v) is 5.37. The van der Waals surface area contributed by atoms with Crippen LogP contribution in [-0.4, -0.2) is 34.5 Å². The van der Waals surface area contributed by atoms with Gasteiger partial charge in [-0.2, -0.15) is 5.26 Å². The van der Waals surface area contributed by atoms with Crippen LogP contribution in [0.4, 0.5) is 4.79 Å². The average molecular weight is 259 g/mol. The molecule has 2 rings (SSSR count). The molecule has 1 heterocycles. The van der Waals surface area contributed by atoms with Gasteiger partial charge in [-0.15, -0.1) is 0 Å². The Bertz CT molecular complexity index is 572. The normalized spacial score (nSPS) is 15.8. The zero-order valence-electron chi connectivity index (χ0n) is 9.66. The van der Waals surface area contributed by atoms with Crippen LogP contribution in [0, 0.1) is 11.3 Å². The molecule has 1 aromatic rings. The molecule has 1 unspecified atom stereocenters. The highest BCUT2D eigenvalue weighted by molar-refractivity contribution is 6.05. The third-order valence-corrected chi connectivity index (χ3v) is 2.73. The summed E-state index contributed by atoms with van der Waals surface area (Å²) in [5.41, 5.74) is 0.627. The van der Waals surface area contributed by atoms with Crippen molar-refractivity contribution < 1.29 is 19.5 Å². The molecule has 0 spiro atoms. The maximum absolute atomic E-state index is 11.6. The summed E-state index contributed by atoms with van der Waals surface area (Å²) >= 11 is 0. The fraction of sp³-hybridized carbons (Fsp3) is 0.167. The first kappa shape index (κ1) is 12.6. The molecule has 7 nitrogen and oxygen atoms in total. The van der Waals surface area contributed by atoms with Crippen molar-refractivity contribution in [3.8, 4) is 6.07 Å². The summed E-state index contributed by atoms with van der Waals surface area (Å²) < 4.78 is 0. The molecule has 0 aromatic heterocycles. The van der Waals surface area contributed by atoms with E-state index in [9.17, 15) is 19.5 Å². The van der Waals surface area contributed by atoms with E-state index in [1.54, 1.807) is 0 Å². The zero-order valence-corrected chi connectivity index (χ0v) is 9.66. The number of nitrogens with one attached hydrogen (secondary N) is 1. The molecule has 1 aliphatic heterocycles. The predicted molar refractivity (Wildman–Crippen MR) is 61.8 cm³/mol. The molecule has 19 heavy (non-hydrogen) atoms. The SMILES string of the molecule is N#Cc1ccc(C(C(=O)O)N2C(=O)CNC2=O)cc1. The quantitative estimate of drug-likeness (QED) is 0.755. The second kappa shape index (κ2) is 4.78. The van der Waals surface area contributed by atoms with E-state index in [0.29, 0.717) is 10.5 Å². The van der Waals surface area contributed by atoms with Gasteiger partial charge >= 0.3 is 12.0 Å². The van der Waals surface area contributed by atoms with Gasteiger partial charge in [-0.3, -0.25) is 4.79 Å². The number of carbonyl (C=O) groups excluding carboxylic acids is 2. The van der Waals surface area contributed by atoms with Gasteiger partial charge in [-0.25, -0.2) is 14.5 Å². The van der Waals surface area contributed by atoms with Gasteiger partial charge in [-0.1, -0.05) is 12.1 Å². The lowest BCUT2D eigenvalue weighted by Gasteiger charge is -2.21. The van der Waals surface area contributed by atoms with Crippen LogP contribution in [-0.2, 0) is 9.59 Å². The second-order valence-corrected chi connectivity index (χ2v) is 3.90. The van der Waals surface area contributed by atoms with E-state index in [1.165, 1.54) is 24.3 Å². The van der Waals surface area contributed by atoms with Gasteiger partial charge in [0.25, 0.3) is 5.91 Å². The third kappa shape index (κ3) is 2.24. The Morgan fingerprint density at radius 1 is 1.37 bits per heavy atom. The van der Waals surface area contributed by atoms with Gasteiger partial charge < -0.3 is 10.4 Å². The van der Waals surface area contributed by atoms with E-state index >= 15 is 0 Å². The summed E-state index contributed by atoms with van der Waals surface area (Å²) in [6.45, 7) is -0.209. The Balaban J connectivity index is 2.40. The highest BCUT2D eigenvalue weighted by Gasteiger charge is 2.39. The van der Waals surface area contributed by atoms with Crippen molar-refractivity contribution in [2.24, 2.45) is 0 Å². The molecule has 1 saturated heterocycles. The maximum atomic E-state index is 11.6. The predicted octanol–water partition coefficient (Wildman–Crippen LogP) is 0.236. The smallest absolute Gasteiger partial charge is 0.331 e. The first-order valence-electron chi connectivity index (χ1n) is 5.37. The fourth-order valence-corrected chi connectivity index (χ4v) is 1.84. The van der Waals surface area contributed by atoms with Gasteiger partial charge in [-0.05, 0) is 17.7 Å². The minimum absolute atomic E-state index is 0.209. The monoisotopic (exact) mass is 259 g/mol. The van der Waals surface area contributed by atoms with Gasteiger partial charge in [0.1, 0.15) is 0 Å². The summed E-state index contributed by atoms with van der Waals surface area (Å²) in [6.07, 6.45) is 0. The van der Waals surface area contributed by atoms with Gasteiger partial charge in [0.15, 0.2) is 6.04 Å². The standard InChI is InChI=1S/C12H9N3O4/c13-5-7-1-3-8(4-2-7)10(11(17)18)15-9(16)6-14-12(15)19/h1-4,10H,6H2,(H,14,19)(H,17,18). The maximum Gasteiger partial charge on any atom is 0.331 e. The topological polar surface area (TPSA) is 110 Å². The molecule has 96 valence electrons. The Labute approximate surface area is 108 Å². The van der Waals surface area contributed by atoms with Crippen LogP contribution in [0.3, 0.4) is 0 Å². The van der Waals surface area contributed by atoms with E-state index in [2.05, 4.69) is 5.32 Å². The van der Waals surface area contributed by atoms with Crippen molar-refractivity contribution in [3.63, 3.8) is 0 Å². The van der Waals surface area contributed by atoms with Crippen molar-refractivity contribution in [1.82, 2.24) is 10.2 Å². The molecular weight excluding hydrogens is 250 g/mol. The van der Waals surface area contributed by atoms with Gasteiger partial charge in [0.05, 0.1) is 18.2 Å². The number of hydrogen-bond acceptors (Lipinski definition) is 4. The van der Waals surface area contributed by atoms with E-state index < -0.39 is 23.9 Å². The number of benzene rings is 1. The molecule has 0 aliphatic carbocycles. The molecule has 0 radical (unpaired) electrons. The molecule has 1 aliphatic rings. The van der Waals surface area contributed by atoms with Gasteiger partial charge in [0, 0.05) is 0 Å². The molecule has 3 amide bonds. The van der Waals surface area contributed by atoms with Crippen LogP contribution >= 0.6 is 0 Å². The lowest BCUT2D eigenvalue weighted by molar-refractivity contribution is -0.146. The number of rotatable bonds is 3. The molecule has 1 fully saturated rings. The number of nitriles is 1. The molecule has 1 atom stereocenters. The Morgan fingerprint density at radius 3 is 2.42 bits per heavy atom. The minimum atomic E-state index is -1.39. The number of carbonyl (C=O) groups is 3. The number of imide groups is 1. The average Bonchev–Trinajstić information content (AvgIpc) is 2.71. The van der Waals surface area contributed by atoms with E-state index in [4.69, 9.17) is 5.26 Å². The first-order chi connectivity index (χ1) is 9.04. The molecule has 0 saturated carbocycles. The van der Waals surface area contributed by atoms with Crippen molar-refractivity contribution in [2.75, 3.05) is 6.54 Å². The van der Waals surface area contributed by atoms with Crippen LogP contribution < -0.4 is 5.32 Å². The Hall–Kier alpha value is -2.88. The van der Waals surface area contributed by atoms with Crippen molar-refractivity contribution in [1.29, 1.82) is 5.26 Å². The van der Waals surface area contributed by atoms with Gasteiger partial charge in [0.2, 0.25) is 0 Å². The second-order valence-electron chi connectivity index (χ2n) is 3.90. The lowest BCUT2D eigenvalue weighted by Crippen LogP contribution is -2.39. The number of aliphatic carboxylic acids is 1. The minimum Gasteiger partial charge on any atom is -0.479 e. The van der Waals surface area contributed by atoms with E-state index in [1.807, 2.05) is 6.07 Å². The van der Waals surface area contributed by atoms with Crippen LogP contribution in [0.5, 0.6) is 0 Å². The number of urea groups is 1. The van der Waals surface area contributed by atoms with Crippen molar-refractivity contribution >= 4 is 17.9 Å². The molecule has 2 N–H and O–H groups in total. The number of carboxylic acids is 1. The molecule has 1 aromatic carbocycles. The zero-order chi connectivity index (χ0) is 14.0. The summed E-state index contributed by atoms with van der Waals surface area (Å²) in [4.78, 5) is 35.0. The van der Waals surface area contributed by atoms with Crippen molar-refractivity contribution in [3.05, 3.63) is 35.4 Å². The largest absolute Gasteiger partial charge is 0.479 e. The van der Waals surface area contributed by atoms with E-state index in [0.717, 1.165) is 0 Å². The van der Waals surface area contributed by atoms with Crippen LogP contribution in [0.2, 0.25) is 0 Å². The van der Waals surface area contributed by atoms with Crippen molar-refractivity contribution in [2.45, 2.75) is 6.04 Å². The Morgan fingerprint density at radius 2 is 2.00 bits per heavy atom. The number of hydrogen-bond donors (Lipinski definition) is 2. The van der Waals surface area contributed by atoms with Crippen LogP contribution in [0.15, 0.2) is 24.3 Å². The molecular formula is C12H9N3O4. The Kier molecular flexibility index (Phi) is 3.16. The molecule has 7 heteroatoms. The number of carboxylic acid groups (broad SMARTS) is 1. The fourth-order valence-electron chi connectivity index (χ4n) is 1.84. The highest BCUT2D eigenvalue weighted by atomic mass is 16.4. The third-order valence-electron chi connectivity index (χ3n) is 2.73. The summed E-state index contributed by atoms with van der Waals surface area (Å²) in [5.74, 6) is -1.91. The number of amides is 3. The van der Waals surface area contributed by atoms with E-state index in [-0.39, 0.29) is 12.1 Å². The highest BCUT2D eigenvalue weighted by Crippen LogP contribution is 2.23. The molecule has 0 bridgehead atoms. The summed E-state index contributed by atoms with van der Waals surface area (Å²) in [5, 5.41) is 20.2. The summed E-state index contributed by atoms with van der Waals surface area (Å²) in [7, 11) is 0.